The number of ether oxygens (including phenoxy) is 1. The van der Waals surface area contributed by atoms with E-state index in [0.29, 0.717) is 22.7 Å². The maximum Gasteiger partial charge on any atom is 0.177 e. The van der Waals surface area contributed by atoms with Crippen LogP contribution in [0.4, 0.5) is 10.7 Å². The van der Waals surface area contributed by atoms with Crippen molar-refractivity contribution in [3.8, 4) is 5.75 Å². The van der Waals surface area contributed by atoms with Crippen LogP contribution in [0.3, 0.4) is 0 Å². The first-order chi connectivity index (χ1) is 7.88. The molecular formula is C12H20N2O2S. The van der Waals surface area contributed by atoms with E-state index in [2.05, 4.69) is 0 Å². The minimum atomic E-state index is 0.0372. The van der Waals surface area contributed by atoms with Crippen LogP contribution in [0.25, 0.3) is 0 Å². The maximum atomic E-state index is 11.8. The summed E-state index contributed by atoms with van der Waals surface area (Å²) in [6.07, 6.45) is 0.494. The lowest BCUT2D eigenvalue weighted by molar-refractivity contribution is 0.0992. The van der Waals surface area contributed by atoms with Crippen LogP contribution >= 0.6 is 11.3 Å². The Labute approximate surface area is 106 Å². The summed E-state index contributed by atoms with van der Waals surface area (Å²) in [6.45, 7) is 5.72. The molecule has 0 aliphatic rings. The van der Waals surface area contributed by atoms with Crippen LogP contribution in [0.2, 0.25) is 0 Å². The third-order valence-corrected chi connectivity index (χ3v) is 3.61. The molecule has 0 aliphatic heterocycles. The molecule has 1 rings (SSSR count). The standard InChI is InChI=1S/C12H20N2O2S/c1-6-8(15)11-9(13)10(16-7(2)3)12(17-11)14(4)5/h7H,6,13H2,1-5H3. The Hall–Kier alpha value is -1.23. The molecule has 1 aromatic rings. The van der Waals surface area contributed by atoms with Gasteiger partial charge in [0, 0.05) is 20.5 Å². The molecule has 4 nitrogen and oxygen atoms in total. The van der Waals surface area contributed by atoms with Gasteiger partial charge in [0.15, 0.2) is 11.5 Å². The number of carbonyl (C=O) groups excluding carboxylic acids is 1. The second kappa shape index (κ2) is 5.40. The summed E-state index contributed by atoms with van der Waals surface area (Å²) in [5.41, 5.74) is 6.48. The first-order valence-electron chi connectivity index (χ1n) is 5.67. The number of carbonyl (C=O) groups is 1. The summed E-state index contributed by atoms with van der Waals surface area (Å²) in [5, 5.41) is 0.896. The monoisotopic (exact) mass is 256 g/mol. The fourth-order valence-corrected chi connectivity index (χ4v) is 2.52. The summed E-state index contributed by atoms with van der Waals surface area (Å²) in [6, 6.07) is 0. The zero-order valence-electron chi connectivity index (χ0n) is 11.0. The highest BCUT2D eigenvalue weighted by Crippen LogP contribution is 2.45. The lowest BCUT2D eigenvalue weighted by Crippen LogP contribution is -2.12. The van der Waals surface area contributed by atoms with Gasteiger partial charge in [-0.2, -0.15) is 0 Å². The Morgan fingerprint density at radius 3 is 2.47 bits per heavy atom. The van der Waals surface area contributed by atoms with E-state index < -0.39 is 0 Å². The van der Waals surface area contributed by atoms with Crippen molar-refractivity contribution >= 4 is 27.8 Å². The molecule has 0 unspecified atom stereocenters. The first kappa shape index (κ1) is 13.8. The van der Waals surface area contributed by atoms with Crippen LogP contribution in [0.15, 0.2) is 0 Å². The first-order valence-corrected chi connectivity index (χ1v) is 6.49. The van der Waals surface area contributed by atoms with Crippen molar-refractivity contribution in [1.82, 2.24) is 0 Å². The quantitative estimate of drug-likeness (QED) is 0.823. The average molecular weight is 256 g/mol. The summed E-state index contributed by atoms with van der Waals surface area (Å²) in [5.74, 6) is 0.695. The highest BCUT2D eigenvalue weighted by molar-refractivity contribution is 7.19. The number of hydrogen-bond acceptors (Lipinski definition) is 5. The Morgan fingerprint density at radius 1 is 1.47 bits per heavy atom. The third kappa shape index (κ3) is 2.91. The third-order valence-electron chi connectivity index (χ3n) is 2.22. The molecule has 0 bridgehead atoms. The van der Waals surface area contributed by atoms with Crippen molar-refractivity contribution < 1.29 is 9.53 Å². The predicted molar refractivity (Wildman–Crippen MR) is 73.4 cm³/mol. The fourth-order valence-electron chi connectivity index (χ4n) is 1.43. The smallest absolute Gasteiger partial charge is 0.177 e. The fraction of sp³-hybridized carbons (Fsp3) is 0.583. The number of nitrogens with zero attached hydrogens (tertiary/aromatic N) is 1. The van der Waals surface area contributed by atoms with Gasteiger partial charge in [0.2, 0.25) is 0 Å². The van der Waals surface area contributed by atoms with E-state index >= 15 is 0 Å². The van der Waals surface area contributed by atoms with Crippen LogP contribution < -0.4 is 15.4 Å². The summed E-state index contributed by atoms with van der Waals surface area (Å²) >= 11 is 1.40. The number of hydrogen-bond donors (Lipinski definition) is 1. The number of anilines is 2. The van der Waals surface area contributed by atoms with E-state index in [1.807, 2.05) is 39.8 Å². The molecule has 0 aromatic carbocycles. The molecule has 5 heteroatoms. The number of rotatable bonds is 5. The number of ketones is 1. The molecule has 0 atom stereocenters. The van der Waals surface area contributed by atoms with Gasteiger partial charge in [0.05, 0.1) is 16.7 Å². The van der Waals surface area contributed by atoms with Gasteiger partial charge in [-0.25, -0.2) is 0 Å². The van der Waals surface area contributed by atoms with Crippen molar-refractivity contribution in [1.29, 1.82) is 0 Å². The van der Waals surface area contributed by atoms with Crippen LogP contribution in [0.1, 0.15) is 36.9 Å². The van der Waals surface area contributed by atoms with Gasteiger partial charge in [0.1, 0.15) is 5.00 Å². The summed E-state index contributed by atoms with van der Waals surface area (Å²) in [7, 11) is 3.83. The van der Waals surface area contributed by atoms with E-state index in [4.69, 9.17) is 10.5 Å². The highest BCUT2D eigenvalue weighted by atomic mass is 32.1. The Bertz CT molecular complexity index is 411. The molecule has 1 heterocycles. The SMILES string of the molecule is CCC(=O)c1sc(N(C)C)c(OC(C)C)c1N. The average Bonchev–Trinajstić information content (AvgIpc) is 2.55. The van der Waals surface area contributed by atoms with Crippen LogP contribution in [0.5, 0.6) is 5.75 Å². The lowest BCUT2D eigenvalue weighted by atomic mass is 10.2. The van der Waals surface area contributed by atoms with Crippen molar-refractivity contribution in [3.63, 3.8) is 0 Å². The lowest BCUT2D eigenvalue weighted by Gasteiger charge is -2.15. The number of nitrogen functional groups attached to an aromatic ring is 1. The number of thiophene rings is 1. The van der Waals surface area contributed by atoms with Crippen LogP contribution in [-0.2, 0) is 0 Å². The molecule has 0 saturated heterocycles. The largest absolute Gasteiger partial charge is 0.486 e. The van der Waals surface area contributed by atoms with Gasteiger partial charge in [-0.15, -0.1) is 11.3 Å². The van der Waals surface area contributed by atoms with E-state index in [-0.39, 0.29) is 11.9 Å². The molecule has 0 saturated carbocycles. The molecule has 1 aromatic heterocycles. The molecular weight excluding hydrogens is 236 g/mol. The minimum Gasteiger partial charge on any atom is -0.486 e. The Kier molecular flexibility index (Phi) is 4.40. The molecule has 96 valence electrons. The zero-order chi connectivity index (χ0) is 13.2. The maximum absolute atomic E-state index is 11.8. The molecule has 2 N–H and O–H groups in total. The van der Waals surface area contributed by atoms with Crippen LogP contribution in [0, 0.1) is 0 Å². The van der Waals surface area contributed by atoms with Gasteiger partial charge in [0.25, 0.3) is 0 Å². The zero-order valence-corrected chi connectivity index (χ0v) is 11.9. The summed E-state index contributed by atoms with van der Waals surface area (Å²) in [4.78, 5) is 14.3. The second-order valence-electron chi connectivity index (χ2n) is 4.32. The molecule has 0 fully saturated rings. The van der Waals surface area contributed by atoms with Crippen molar-refractivity contribution in [2.24, 2.45) is 0 Å². The van der Waals surface area contributed by atoms with Crippen molar-refractivity contribution in [3.05, 3.63) is 4.88 Å². The predicted octanol–water partition coefficient (Wildman–Crippen LogP) is 2.78. The van der Waals surface area contributed by atoms with Gasteiger partial charge in [-0.1, -0.05) is 6.92 Å². The van der Waals surface area contributed by atoms with Gasteiger partial charge < -0.3 is 15.4 Å². The molecule has 0 radical (unpaired) electrons. The second-order valence-corrected chi connectivity index (χ2v) is 5.32. The van der Waals surface area contributed by atoms with E-state index in [9.17, 15) is 4.79 Å². The van der Waals surface area contributed by atoms with Gasteiger partial charge in [-0.3, -0.25) is 4.79 Å². The minimum absolute atomic E-state index is 0.0372. The highest BCUT2D eigenvalue weighted by Gasteiger charge is 2.23. The van der Waals surface area contributed by atoms with Gasteiger partial charge in [-0.05, 0) is 13.8 Å². The molecule has 0 spiro atoms. The van der Waals surface area contributed by atoms with Crippen molar-refractivity contribution in [2.45, 2.75) is 33.3 Å². The van der Waals surface area contributed by atoms with E-state index in [1.54, 1.807) is 0 Å². The summed E-state index contributed by atoms with van der Waals surface area (Å²) < 4.78 is 5.70. The van der Waals surface area contributed by atoms with Gasteiger partial charge >= 0.3 is 0 Å². The van der Waals surface area contributed by atoms with E-state index in [0.717, 1.165) is 5.00 Å². The molecule has 0 aliphatic carbocycles. The molecule has 0 amide bonds. The molecule has 17 heavy (non-hydrogen) atoms. The normalized spacial score (nSPS) is 10.7. The number of Topliss-reactive ketones (excluding diaryl/α,β-unsaturated/α-hetero) is 1. The van der Waals surface area contributed by atoms with E-state index in [1.165, 1.54) is 11.3 Å². The topological polar surface area (TPSA) is 55.6 Å². The Morgan fingerprint density at radius 2 is 2.06 bits per heavy atom. The van der Waals surface area contributed by atoms with Crippen molar-refractivity contribution in [2.75, 3.05) is 24.7 Å². The number of nitrogens with two attached hydrogens (primary N) is 1. The Balaban J connectivity index is 3.25. The van der Waals surface area contributed by atoms with Crippen LogP contribution in [-0.4, -0.2) is 26.0 Å².